The lowest BCUT2D eigenvalue weighted by molar-refractivity contribution is -0.384. The molecule has 0 saturated carbocycles. The molecule has 0 radical (unpaired) electrons. The summed E-state index contributed by atoms with van der Waals surface area (Å²) in [4.78, 5) is 34.0. The first-order valence-electron chi connectivity index (χ1n) is 6.04. The van der Waals surface area contributed by atoms with Crippen LogP contribution in [0.3, 0.4) is 0 Å². The van der Waals surface area contributed by atoms with E-state index in [4.69, 9.17) is 11.6 Å². The van der Waals surface area contributed by atoms with Gasteiger partial charge < -0.3 is 0 Å². The van der Waals surface area contributed by atoms with E-state index in [-0.39, 0.29) is 28.4 Å². The van der Waals surface area contributed by atoms with Crippen LogP contribution in [0.25, 0.3) is 0 Å². The van der Waals surface area contributed by atoms with Crippen molar-refractivity contribution in [3.05, 3.63) is 70.7 Å². The molecule has 1 aromatic heterocycles. The van der Waals surface area contributed by atoms with E-state index in [9.17, 15) is 19.7 Å². The molecule has 0 aliphatic heterocycles. The second-order valence-corrected chi connectivity index (χ2v) is 5.02. The molecule has 0 aliphatic carbocycles. The molecular weight excluding hydrogens is 298 g/mol. The van der Waals surface area contributed by atoms with Crippen LogP contribution in [0.1, 0.15) is 16.7 Å². The zero-order chi connectivity index (χ0) is 15.7. The maximum Gasteiger partial charge on any atom is 0.269 e. The van der Waals surface area contributed by atoms with Crippen molar-refractivity contribution in [2.24, 2.45) is 0 Å². The smallest absolute Gasteiger partial charge is 0.268 e. The number of halogens is 1. The summed E-state index contributed by atoms with van der Waals surface area (Å²) >= 11 is 5.98. The average molecular weight is 310 g/mol. The molecular formula is C13H12ClN3O4. The molecule has 0 fully saturated rings. The third-order valence-corrected chi connectivity index (χ3v) is 3.64. The summed E-state index contributed by atoms with van der Waals surface area (Å²) in [7, 11) is 0. The minimum absolute atomic E-state index is 0.0459. The molecule has 0 unspecified atom stereocenters. The van der Waals surface area contributed by atoms with Gasteiger partial charge in [0.2, 0.25) is 0 Å². The Bertz CT molecular complexity index is 838. The summed E-state index contributed by atoms with van der Waals surface area (Å²) in [6, 6.07) is 3.94. The Labute approximate surface area is 123 Å². The number of H-pyrrole nitrogens is 1. The van der Waals surface area contributed by atoms with E-state index in [0.29, 0.717) is 16.7 Å². The minimum atomic E-state index is -0.550. The predicted molar refractivity (Wildman–Crippen MR) is 78.0 cm³/mol. The number of nitro benzene ring substituents is 1. The van der Waals surface area contributed by atoms with E-state index >= 15 is 0 Å². The second kappa shape index (κ2) is 5.53. The highest BCUT2D eigenvalue weighted by atomic mass is 35.5. The van der Waals surface area contributed by atoms with Crippen LogP contribution in [0, 0.1) is 24.0 Å². The highest BCUT2D eigenvalue weighted by Gasteiger charge is 2.13. The Balaban J connectivity index is 2.53. The fourth-order valence-corrected chi connectivity index (χ4v) is 2.05. The number of hydrogen-bond donors (Lipinski definition) is 1. The summed E-state index contributed by atoms with van der Waals surface area (Å²) in [5.41, 5.74) is 0.186. The SMILES string of the molecule is Cc1c(C)c(=O)n(Cc2cc([N+](=O)[O-])ccc2Cl)[nH]c1=O. The molecule has 2 rings (SSSR count). The number of nitrogens with zero attached hydrogens (tertiary/aromatic N) is 2. The van der Waals surface area contributed by atoms with Gasteiger partial charge in [-0.25, -0.2) is 4.68 Å². The largest absolute Gasteiger partial charge is 0.269 e. The Hall–Kier alpha value is -2.41. The molecule has 7 nitrogen and oxygen atoms in total. The maximum atomic E-state index is 12.1. The number of rotatable bonds is 3. The number of nitro groups is 1. The molecule has 0 amide bonds. The first-order valence-corrected chi connectivity index (χ1v) is 6.42. The number of hydrogen-bond acceptors (Lipinski definition) is 4. The summed E-state index contributed by atoms with van der Waals surface area (Å²) in [5.74, 6) is 0. The molecule has 1 aromatic carbocycles. The van der Waals surface area contributed by atoms with Gasteiger partial charge in [-0.3, -0.25) is 24.8 Å². The van der Waals surface area contributed by atoms with Crippen molar-refractivity contribution in [2.75, 3.05) is 0 Å². The van der Waals surface area contributed by atoms with Gasteiger partial charge in [0.1, 0.15) is 0 Å². The molecule has 0 aliphatic rings. The standard InChI is InChI=1S/C13H12ClN3O4/c1-7-8(2)13(19)16(15-12(7)18)6-9-5-10(17(20)21)3-4-11(9)14/h3-5H,6H2,1-2H3,(H,15,18). The van der Waals surface area contributed by atoms with E-state index in [1.807, 2.05) is 0 Å². The number of aromatic amines is 1. The van der Waals surface area contributed by atoms with Crippen molar-refractivity contribution < 1.29 is 4.92 Å². The number of aromatic nitrogens is 2. The first-order chi connectivity index (χ1) is 9.81. The first kappa shape index (κ1) is 15.0. The van der Waals surface area contributed by atoms with Crippen LogP contribution in [0.4, 0.5) is 5.69 Å². The van der Waals surface area contributed by atoms with Crippen LogP contribution in [0.5, 0.6) is 0 Å². The third kappa shape index (κ3) is 2.87. The molecule has 21 heavy (non-hydrogen) atoms. The van der Waals surface area contributed by atoms with Crippen LogP contribution in [-0.4, -0.2) is 14.7 Å². The Morgan fingerprint density at radius 2 is 1.95 bits per heavy atom. The molecule has 0 atom stereocenters. The van der Waals surface area contributed by atoms with Gasteiger partial charge in [-0.15, -0.1) is 0 Å². The lowest BCUT2D eigenvalue weighted by Crippen LogP contribution is -2.33. The topological polar surface area (TPSA) is 98.0 Å². The molecule has 0 spiro atoms. The summed E-state index contributed by atoms with van der Waals surface area (Å²) in [6.45, 7) is 3.06. The van der Waals surface area contributed by atoms with Crippen molar-refractivity contribution in [1.82, 2.24) is 9.78 Å². The fourth-order valence-electron chi connectivity index (χ4n) is 1.87. The average Bonchev–Trinajstić information content (AvgIpc) is 2.44. The third-order valence-electron chi connectivity index (χ3n) is 3.27. The molecule has 1 heterocycles. The van der Waals surface area contributed by atoms with Crippen molar-refractivity contribution in [2.45, 2.75) is 20.4 Å². The lowest BCUT2D eigenvalue weighted by Gasteiger charge is -2.09. The lowest BCUT2D eigenvalue weighted by atomic mass is 10.2. The van der Waals surface area contributed by atoms with Crippen LogP contribution in [-0.2, 0) is 6.54 Å². The highest BCUT2D eigenvalue weighted by Crippen LogP contribution is 2.22. The number of nitrogens with one attached hydrogen (secondary N) is 1. The minimum Gasteiger partial charge on any atom is -0.268 e. The van der Waals surface area contributed by atoms with Crippen LogP contribution < -0.4 is 11.1 Å². The predicted octanol–water partition coefficient (Wildman–Crippen LogP) is 1.76. The fraction of sp³-hybridized carbons (Fsp3) is 0.231. The summed E-state index contributed by atoms with van der Waals surface area (Å²) in [5, 5.41) is 13.5. The van der Waals surface area contributed by atoms with E-state index in [0.717, 1.165) is 4.68 Å². The summed E-state index contributed by atoms with van der Waals surface area (Å²) in [6.07, 6.45) is 0. The van der Waals surface area contributed by atoms with Gasteiger partial charge in [0.15, 0.2) is 0 Å². The van der Waals surface area contributed by atoms with Gasteiger partial charge in [-0.2, -0.15) is 0 Å². The quantitative estimate of drug-likeness (QED) is 0.690. The maximum absolute atomic E-state index is 12.1. The normalized spacial score (nSPS) is 10.6. The van der Waals surface area contributed by atoms with E-state index in [1.54, 1.807) is 13.8 Å². The van der Waals surface area contributed by atoms with Gasteiger partial charge in [0, 0.05) is 28.3 Å². The van der Waals surface area contributed by atoms with Crippen molar-refractivity contribution in [3.8, 4) is 0 Å². The molecule has 1 N–H and O–H groups in total. The van der Waals surface area contributed by atoms with Gasteiger partial charge in [0.05, 0.1) is 11.5 Å². The zero-order valence-electron chi connectivity index (χ0n) is 11.3. The Kier molecular flexibility index (Phi) is 3.95. The molecule has 0 bridgehead atoms. The van der Waals surface area contributed by atoms with Crippen molar-refractivity contribution >= 4 is 17.3 Å². The second-order valence-electron chi connectivity index (χ2n) is 4.62. The Morgan fingerprint density at radius 1 is 1.29 bits per heavy atom. The van der Waals surface area contributed by atoms with Gasteiger partial charge >= 0.3 is 0 Å². The summed E-state index contributed by atoms with van der Waals surface area (Å²) < 4.78 is 1.09. The number of benzene rings is 1. The molecule has 2 aromatic rings. The monoisotopic (exact) mass is 309 g/mol. The van der Waals surface area contributed by atoms with Crippen LogP contribution in [0.2, 0.25) is 5.02 Å². The van der Waals surface area contributed by atoms with Gasteiger partial charge in [0.25, 0.3) is 16.8 Å². The van der Waals surface area contributed by atoms with Crippen molar-refractivity contribution in [1.29, 1.82) is 0 Å². The zero-order valence-corrected chi connectivity index (χ0v) is 12.1. The van der Waals surface area contributed by atoms with Gasteiger partial charge in [-0.05, 0) is 25.5 Å². The van der Waals surface area contributed by atoms with Crippen LogP contribution >= 0.6 is 11.6 Å². The Morgan fingerprint density at radius 3 is 2.57 bits per heavy atom. The molecule has 8 heteroatoms. The van der Waals surface area contributed by atoms with E-state index < -0.39 is 4.92 Å². The molecule has 110 valence electrons. The molecule has 0 saturated heterocycles. The van der Waals surface area contributed by atoms with Crippen LogP contribution in [0.15, 0.2) is 27.8 Å². The van der Waals surface area contributed by atoms with E-state index in [2.05, 4.69) is 5.10 Å². The van der Waals surface area contributed by atoms with Crippen molar-refractivity contribution in [3.63, 3.8) is 0 Å². The van der Waals surface area contributed by atoms with Gasteiger partial charge in [-0.1, -0.05) is 11.6 Å². The number of non-ortho nitro benzene ring substituents is 1. The highest BCUT2D eigenvalue weighted by molar-refractivity contribution is 6.31. The van der Waals surface area contributed by atoms with E-state index in [1.165, 1.54) is 18.2 Å².